The fourth-order valence-corrected chi connectivity index (χ4v) is 2.87. The first-order valence-corrected chi connectivity index (χ1v) is 7.32. The lowest BCUT2D eigenvalue weighted by molar-refractivity contribution is 0.507. The number of imidazole rings is 1. The van der Waals surface area contributed by atoms with Gasteiger partial charge in [0.05, 0.1) is 23.4 Å². The Morgan fingerprint density at radius 1 is 1.05 bits per heavy atom. The Bertz CT molecular complexity index is 757. The van der Waals surface area contributed by atoms with E-state index in [0.717, 1.165) is 11.0 Å². The molecule has 0 spiro atoms. The van der Waals surface area contributed by atoms with Crippen molar-refractivity contribution in [3.63, 3.8) is 0 Å². The normalized spacial score (nSPS) is 14.3. The second-order valence-corrected chi connectivity index (χ2v) is 5.79. The van der Waals surface area contributed by atoms with E-state index in [2.05, 4.69) is 59.8 Å². The zero-order valence-electron chi connectivity index (χ0n) is 12.7. The molecule has 0 aliphatic carbocycles. The molecule has 2 unspecified atom stereocenters. The fraction of sp³-hybridized carbons (Fsp3) is 0.278. The van der Waals surface area contributed by atoms with E-state index in [1.807, 2.05) is 19.3 Å². The van der Waals surface area contributed by atoms with Crippen molar-refractivity contribution in [1.29, 1.82) is 0 Å². The van der Waals surface area contributed by atoms with Gasteiger partial charge in [-0.25, -0.2) is 4.98 Å². The predicted octanol–water partition coefficient (Wildman–Crippen LogP) is 3.59. The maximum Gasteiger partial charge on any atom is 0.0964 e. The van der Waals surface area contributed by atoms with Gasteiger partial charge in [-0.05, 0) is 49.6 Å². The monoisotopic (exact) mass is 279 g/mol. The average Bonchev–Trinajstić information content (AvgIpc) is 2.83. The van der Waals surface area contributed by atoms with Gasteiger partial charge in [0.2, 0.25) is 0 Å². The van der Waals surface area contributed by atoms with Gasteiger partial charge in [0.15, 0.2) is 0 Å². The second kappa shape index (κ2) is 5.34. The molecule has 3 heteroatoms. The first kappa shape index (κ1) is 13.8. The van der Waals surface area contributed by atoms with Gasteiger partial charge in [-0.15, -0.1) is 0 Å². The van der Waals surface area contributed by atoms with Gasteiger partial charge in [0.1, 0.15) is 0 Å². The highest BCUT2D eigenvalue weighted by Gasteiger charge is 2.20. The molecule has 0 saturated heterocycles. The molecule has 0 bridgehead atoms. The van der Waals surface area contributed by atoms with Crippen molar-refractivity contribution in [3.05, 3.63) is 65.5 Å². The van der Waals surface area contributed by atoms with E-state index in [-0.39, 0.29) is 12.1 Å². The highest BCUT2D eigenvalue weighted by molar-refractivity contribution is 5.77. The first-order chi connectivity index (χ1) is 10.1. The van der Waals surface area contributed by atoms with Crippen molar-refractivity contribution in [2.45, 2.75) is 32.9 Å². The molecule has 0 aliphatic heterocycles. The van der Waals surface area contributed by atoms with Crippen molar-refractivity contribution in [1.82, 2.24) is 9.55 Å². The SMILES string of the molecule is Cc1cc2ncn(C(c3ccccc3)C(C)N)c2cc1C. The molecule has 2 atom stereocenters. The third-order valence-corrected chi connectivity index (χ3v) is 4.13. The van der Waals surface area contributed by atoms with E-state index in [1.165, 1.54) is 16.7 Å². The molecule has 0 amide bonds. The van der Waals surface area contributed by atoms with Gasteiger partial charge < -0.3 is 10.3 Å². The van der Waals surface area contributed by atoms with Gasteiger partial charge >= 0.3 is 0 Å². The van der Waals surface area contributed by atoms with E-state index in [4.69, 9.17) is 5.73 Å². The van der Waals surface area contributed by atoms with Gasteiger partial charge in [-0.2, -0.15) is 0 Å². The lowest BCUT2D eigenvalue weighted by atomic mass is 10.0. The van der Waals surface area contributed by atoms with Crippen LogP contribution in [0.2, 0.25) is 0 Å². The third kappa shape index (κ3) is 2.45. The molecule has 0 saturated carbocycles. The van der Waals surface area contributed by atoms with E-state index in [9.17, 15) is 0 Å². The number of benzene rings is 2. The van der Waals surface area contributed by atoms with Crippen molar-refractivity contribution in [2.75, 3.05) is 0 Å². The zero-order valence-corrected chi connectivity index (χ0v) is 12.7. The second-order valence-electron chi connectivity index (χ2n) is 5.79. The Labute approximate surface area is 125 Å². The quantitative estimate of drug-likeness (QED) is 0.796. The molecular weight excluding hydrogens is 258 g/mol. The van der Waals surface area contributed by atoms with Crippen LogP contribution in [0.5, 0.6) is 0 Å². The Hall–Kier alpha value is -2.13. The maximum atomic E-state index is 6.27. The number of fused-ring (bicyclic) bond motifs is 1. The molecule has 2 N–H and O–H groups in total. The lowest BCUT2D eigenvalue weighted by Gasteiger charge is -2.24. The number of rotatable bonds is 3. The Kier molecular flexibility index (Phi) is 3.52. The van der Waals surface area contributed by atoms with Crippen LogP contribution >= 0.6 is 0 Å². The van der Waals surface area contributed by atoms with Crippen LogP contribution < -0.4 is 5.73 Å². The number of nitrogens with zero attached hydrogens (tertiary/aromatic N) is 2. The van der Waals surface area contributed by atoms with Gasteiger partial charge in [-0.3, -0.25) is 0 Å². The van der Waals surface area contributed by atoms with Crippen molar-refractivity contribution in [2.24, 2.45) is 5.73 Å². The molecule has 3 nitrogen and oxygen atoms in total. The Balaban J connectivity index is 2.19. The number of nitrogens with two attached hydrogens (primary N) is 1. The maximum absolute atomic E-state index is 6.27. The summed E-state index contributed by atoms with van der Waals surface area (Å²) in [5.74, 6) is 0. The van der Waals surface area contributed by atoms with Gasteiger partial charge in [0.25, 0.3) is 0 Å². The fourth-order valence-electron chi connectivity index (χ4n) is 2.87. The van der Waals surface area contributed by atoms with Crippen molar-refractivity contribution < 1.29 is 0 Å². The summed E-state index contributed by atoms with van der Waals surface area (Å²) in [7, 11) is 0. The highest BCUT2D eigenvalue weighted by Crippen LogP contribution is 2.27. The van der Waals surface area contributed by atoms with Crippen LogP contribution in [-0.4, -0.2) is 15.6 Å². The standard InChI is InChI=1S/C18H21N3/c1-12-9-16-17(10-13(12)2)21(11-20-16)18(14(3)19)15-7-5-4-6-8-15/h4-11,14,18H,19H2,1-3H3. The third-order valence-electron chi connectivity index (χ3n) is 4.13. The predicted molar refractivity (Wildman–Crippen MR) is 87.4 cm³/mol. The minimum absolute atomic E-state index is 0.00593. The summed E-state index contributed by atoms with van der Waals surface area (Å²) >= 11 is 0. The van der Waals surface area contributed by atoms with Crippen molar-refractivity contribution >= 4 is 11.0 Å². The summed E-state index contributed by atoms with van der Waals surface area (Å²) in [6.07, 6.45) is 1.91. The Morgan fingerprint density at radius 3 is 2.38 bits per heavy atom. The Morgan fingerprint density at radius 2 is 1.71 bits per heavy atom. The average molecular weight is 279 g/mol. The highest BCUT2D eigenvalue weighted by atomic mass is 15.1. The summed E-state index contributed by atoms with van der Waals surface area (Å²) in [5, 5.41) is 0. The molecule has 2 aromatic carbocycles. The van der Waals surface area contributed by atoms with E-state index >= 15 is 0 Å². The summed E-state index contributed by atoms with van der Waals surface area (Å²) in [6.45, 7) is 6.30. The summed E-state index contributed by atoms with van der Waals surface area (Å²) in [6, 6.07) is 14.8. The van der Waals surface area contributed by atoms with Crippen LogP contribution in [0.25, 0.3) is 11.0 Å². The first-order valence-electron chi connectivity index (χ1n) is 7.32. The van der Waals surface area contributed by atoms with Crippen LogP contribution in [0, 0.1) is 13.8 Å². The van der Waals surface area contributed by atoms with E-state index in [0.29, 0.717) is 0 Å². The smallest absolute Gasteiger partial charge is 0.0964 e. The van der Waals surface area contributed by atoms with Crippen molar-refractivity contribution in [3.8, 4) is 0 Å². The number of aromatic nitrogens is 2. The molecule has 0 fully saturated rings. The molecule has 1 aromatic heterocycles. The lowest BCUT2D eigenvalue weighted by Crippen LogP contribution is -2.29. The summed E-state index contributed by atoms with van der Waals surface area (Å²) < 4.78 is 2.20. The topological polar surface area (TPSA) is 43.8 Å². The van der Waals surface area contributed by atoms with Crippen LogP contribution in [0.3, 0.4) is 0 Å². The minimum atomic E-state index is 0.00593. The molecule has 3 rings (SSSR count). The van der Waals surface area contributed by atoms with Gasteiger partial charge in [-0.1, -0.05) is 30.3 Å². The molecule has 0 radical (unpaired) electrons. The van der Waals surface area contributed by atoms with E-state index < -0.39 is 0 Å². The largest absolute Gasteiger partial charge is 0.326 e. The molecule has 0 aliphatic rings. The van der Waals surface area contributed by atoms with E-state index in [1.54, 1.807) is 0 Å². The summed E-state index contributed by atoms with van der Waals surface area (Å²) in [4.78, 5) is 4.56. The molecule has 21 heavy (non-hydrogen) atoms. The van der Waals surface area contributed by atoms with Crippen LogP contribution in [0.4, 0.5) is 0 Å². The van der Waals surface area contributed by atoms with Crippen LogP contribution in [-0.2, 0) is 0 Å². The van der Waals surface area contributed by atoms with Gasteiger partial charge in [0, 0.05) is 6.04 Å². The zero-order chi connectivity index (χ0) is 15.0. The molecule has 3 aromatic rings. The molecular formula is C18H21N3. The minimum Gasteiger partial charge on any atom is -0.326 e. The van der Waals surface area contributed by atoms with Crippen LogP contribution in [0.1, 0.15) is 29.7 Å². The number of hydrogen-bond acceptors (Lipinski definition) is 2. The van der Waals surface area contributed by atoms with Crippen LogP contribution in [0.15, 0.2) is 48.8 Å². The summed E-state index contributed by atoms with van der Waals surface area (Å²) in [5.41, 5.74) is 12.2. The number of hydrogen-bond donors (Lipinski definition) is 1. The molecule has 1 heterocycles. The molecule has 108 valence electrons. The number of aryl methyl sites for hydroxylation is 2.